The third kappa shape index (κ3) is 5.46. The van der Waals surface area contributed by atoms with Crippen molar-refractivity contribution in [1.82, 2.24) is 5.32 Å². The van der Waals surface area contributed by atoms with Crippen molar-refractivity contribution in [3.05, 3.63) is 29.6 Å². The van der Waals surface area contributed by atoms with E-state index in [0.29, 0.717) is 18.2 Å². The van der Waals surface area contributed by atoms with Crippen LogP contribution in [0.3, 0.4) is 0 Å². The molecule has 0 aliphatic heterocycles. The van der Waals surface area contributed by atoms with Crippen LogP contribution in [0.5, 0.6) is 0 Å². The predicted molar refractivity (Wildman–Crippen MR) is 94.8 cm³/mol. The molecule has 1 fully saturated rings. The molecular weight excluding hydrogens is 333 g/mol. The highest BCUT2D eigenvalue weighted by molar-refractivity contribution is 5.97. The summed E-state index contributed by atoms with van der Waals surface area (Å²) in [5.41, 5.74) is 6.11. The van der Waals surface area contributed by atoms with E-state index in [1.165, 1.54) is 31.5 Å². The number of benzene rings is 1. The fraction of sp³-hybridized carbons (Fsp3) is 0.529. The maximum Gasteiger partial charge on any atom is 0.254 e. The third-order valence-electron chi connectivity index (χ3n) is 4.32. The highest BCUT2D eigenvalue weighted by atomic mass is 35.5. The molecule has 0 spiro atoms. The molecule has 0 bridgehead atoms. The van der Waals surface area contributed by atoms with E-state index in [2.05, 4.69) is 10.6 Å². The minimum absolute atomic E-state index is 0. The average molecular weight is 358 g/mol. The van der Waals surface area contributed by atoms with E-state index in [9.17, 15) is 14.0 Å². The summed E-state index contributed by atoms with van der Waals surface area (Å²) in [5.74, 6) is -1.03. The predicted octanol–water partition coefficient (Wildman–Crippen LogP) is 2.84. The van der Waals surface area contributed by atoms with Crippen LogP contribution in [0.1, 0.15) is 49.4 Å². The molecule has 5 nitrogen and oxygen atoms in total. The minimum atomic E-state index is -0.615. The quantitative estimate of drug-likeness (QED) is 0.757. The molecule has 1 unspecified atom stereocenters. The van der Waals surface area contributed by atoms with Gasteiger partial charge in [0.1, 0.15) is 5.82 Å². The fourth-order valence-electron chi connectivity index (χ4n) is 3.13. The zero-order valence-corrected chi connectivity index (χ0v) is 14.6. The van der Waals surface area contributed by atoms with Crippen LogP contribution in [0.2, 0.25) is 0 Å². The maximum absolute atomic E-state index is 13.9. The van der Waals surface area contributed by atoms with Gasteiger partial charge in [0.15, 0.2) is 0 Å². The van der Waals surface area contributed by atoms with E-state index < -0.39 is 11.7 Å². The van der Waals surface area contributed by atoms with Gasteiger partial charge in [-0.1, -0.05) is 19.3 Å². The van der Waals surface area contributed by atoms with Gasteiger partial charge in [-0.15, -0.1) is 12.4 Å². The number of amides is 2. The monoisotopic (exact) mass is 357 g/mol. The van der Waals surface area contributed by atoms with Gasteiger partial charge < -0.3 is 16.4 Å². The molecule has 1 aromatic carbocycles. The number of hydrogen-bond donors (Lipinski definition) is 3. The first kappa shape index (κ1) is 20.4. The van der Waals surface area contributed by atoms with Crippen molar-refractivity contribution < 1.29 is 14.0 Å². The number of halogens is 2. The van der Waals surface area contributed by atoms with E-state index in [0.717, 1.165) is 25.7 Å². The Morgan fingerprint density at radius 1 is 1.29 bits per heavy atom. The summed E-state index contributed by atoms with van der Waals surface area (Å²) >= 11 is 0. The molecule has 2 rings (SSSR count). The van der Waals surface area contributed by atoms with Gasteiger partial charge in [0.25, 0.3) is 5.91 Å². The van der Waals surface area contributed by atoms with E-state index >= 15 is 0 Å². The molecule has 0 aromatic heterocycles. The molecule has 4 N–H and O–H groups in total. The lowest BCUT2D eigenvalue weighted by molar-refractivity contribution is -0.114. The Morgan fingerprint density at radius 3 is 2.54 bits per heavy atom. The highest BCUT2D eigenvalue weighted by Crippen LogP contribution is 2.26. The van der Waals surface area contributed by atoms with Crippen LogP contribution >= 0.6 is 12.4 Å². The fourth-order valence-corrected chi connectivity index (χ4v) is 3.13. The summed E-state index contributed by atoms with van der Waals surface area (Å²) in [6, 6.07) is 3.81. The molecule has 7 heteroatoms. The van der Waals surface area contributed by atoms with Gasteiger partial charge in [-0.3, -0.25) is 9.59 Å². The molecule has 1 aliphatic carbocycles. The minimum Gasteiger partial charge on any atom is -0.348 e. The van der Waals surface area contributed by atoms with Crippen LogP contribution in [-0.4, -0.2) is 24.4 Å². The maximum atomic E-state index is 13.9. The molecule has 0 saturated heterocycles. The molecule has 24 heavy (non-hydrogen) atoms. The summed E-state index contributed by atoms with van der Waals surface area (Å²) in [4.78, 5) is 23.5. The Balaban J connectivity index is 0.00000288. The van der Waals surface area contributed by atoms with Gasteiger partial charge in [0, 0.05) is 25.2 Å². The second kappa shape index (κ2) is 9.59. The van der Waals surface area contributed by atoms with Gasteiger partial charge in [-0.05, 0) is 37.0 Å². The largest absolute Gasteiger partial charge is 0.348 e. The first-order chi connectivity index (χ1) is 11.0. The molecule has 1 aliphatic rings. The molecule has 0 radical (unpaired) electrons. The van der Waals surface area contributed by atoms with Gasteiger partial charge >= 0.3 is 0 Å². The first-order valence-electron chi connectivity index (χ1n) is 8.09. The summed E-state index contributed by atoms with van der Waals surface area (Å²) in [5, 5.41) is 5.41. The van der Waals surface area contributed by atoms with E-state index in [1.54, 1.807) is 0 Å². The molecule has 2 amide bonds. The van der Waals surface area contributed by atoms with Crippen LogP contribution in [0, 0.1) is 11.7 Å². The Bertz CT molecular complexity index is 577. The first-order valence-corrected chi connectivity index (χ1v) is 8.09. The van der Waals surface area contributed by atoms with Gasteiger partial charge in [-0.2, -0.15) is 0 Å². The normalized spacial score (nSPS) is 16.0. The lowest BCUT2D eigenvalue weighted by Crippen LogP contribution is -2.46. The van der Waals surface area contributed by atoms with Crippen molar-refractivity contribution >= 4 is 29.9 Å². The number of nitrogens with one attached hydrogen (secondary N) is 2. The summed E-state index contributed by atoms with van der Waals surface area (Å²) in [6.07, 6.45) is 5.58. The summed E-state index contributed by atoms with van der Waals surface area (Å²) in [7, 11) is 0. The highest BCUT2D eigenvalue weighted by Gasteiger charge is 2.25. The van der Waals surface area contributed by atoms with Crippen LogP contribution < -0.4 is 16.4 Å². The van der Waals surface area contributed by atoms with Crippen molar-refractivity contribution in [1.29, 1.82) is 0 Å². The van der Waals surface area contributed by atoms with E-state index in [1.807, 2.05) is 0 Å². The average Bonchev–Trinajstić information content (AvgIpc) is 2.54. The molecule has 1 aromatic rings. The molecule has 0 heterocycles. The second-order valence-corrected chi connectivity index (χ2v) is 6.09. The number of rotatable bonds is 5. The standard InChI is InChI=1S/C17H24FN3O2.ClH/c1-11(22)20-13-7-8-15(18)14(9-13)17(23)21-16(10-19)12-5-3-2-4-6-12;/h7-9,12,16H,2-6,10,19H2,1H3,(H,20,22)(H,21,23);1H. The van der Waals surface area contributed by atoms with Gasteiger partial charge in [0.2, 0.25) is 5.91 Å². The number of nitrogens with two attached hydrogens (primary N) is 1. The lowest BCUT2D eigenvalue weighted by atomic mass is 9.84. The Hall–Kier alpha value is -1.66. The van der Waals surface area contributed by atoms with Crippen molar-refractivity contribution in [2.24, 2.45) is 11.7 Å². The Labute approximate surface area is 148 Å². The number of carbonyl (C=O) groups excluding carboxylic acids is 2. The molecular formula is C17H25ClFN3O2. The van der Waals surface area contributed by atoms with E-state index in [4.69, 9.17) is 5.73 Å². The number of anilines is 1. The van der Waals surface area contributed by atoms with Crippen LogP contribution in [0.15, 0.2) is 18.2 Å². The SMILES string of the molecule is CC(=O)Nc1ccc(F)c(C(=O)NC(CN)C2CCCCC2)c1.Cl. The van der Waals surface area contributed by atoms with Crippen LogP contribution in [-0.2, 0) is 4.79 Å². The Kier molecular flexibility index (Phi) is 8.15. The van der Waals surface area contributed by atoms with Crippen molar-refractivity contribution in [2.45, 2.75) is 45.1 Å². The van der Waals surface area contributed by atoms with Crippen LogP contribution in [0.4, 0.5) is 10.1 Å². The van der Waals surface area contributed by atoms with Gasteiger partial charge in [0.05, 0.1) is 5.56 Å². The summed E-state index contributed by atoms with van der Waals surface area (Å²) in [6.45, 7) is 1.69. The smallest absolute Gasteiger partial charge is 0.254 e. The Morgan fingerprint density at radius 2 is 1.96 bits per heavy atom. The zero-order chi connectivity index (χ0) is 16.8. The van der Waals surface area contributed by atoms with Crippen molar-refractivity contribution in [2.75, 3.05) is 11.9 Å². The second-order valence-electron chi connectivity index (χ2n) is 6.09. The molecule has 1 atom stereocenters. The summed E-state index contributed by atoms with van der Waals surface area (Å²) < 4.78 is 13.9. The lowest BCUT2D eigenvalue weighted by Gasteiger charge is -2.30. The molecule has 134 valence electrons. The topological polar surface area (TPSA) is 84.2 Å². The molecule has 1 saturated carbocycles. The number of hydrogen-bond acceptors (Lipinski definition) is 3. The van der Waals surface area contributed by atoms with Crippen molar-refractivity contribution in [3.63, 3.8) is 0 Å². The van der Waals surface area contributed by atoms with Gasteiger partial charge in [-0.25, -0.2) is 4.39 Å². The number of carbonyl (C=O) groups is 2. The van der Waals surface area contributed by atoms with E-state index in [-0.39, 0.29) is 29.9 Å². The van der Waals surface area contributed by atoms with Crippen molar-refractivity contribution in [3.8, 4) is 0 Å². The zero-order valence-electron chi connectivity index (χ0n) is 13.8. The van der Waals surface area contributed by atoms with Crippen LogP contribution in [0.25, 0.3) is 0 Å². The third-order valence-corrected chi connectivity index (χ3v) is 4.32.